The van der Waals surface area contributed by atoms with Crippen LogP contribution in [0.5, 0.6) is 0 Å². The number of urea groups is 1. The molecular weight excluding hydrogens is 282 g/mol. The fourth-order valence-corrected chi connectivity index (χ4v) is 1.67. The first-order valence-electron chi connectivity index (χ1n) is 7.12. The molecule has 0 radical (unpaired) electrons. The molecule has 0 aliphatic carbocycles. The molecule has 0 aliphatic heterocycles. The van der Waals surface area contributed by atoms with E-state index in [0.717, 1.165) is 5.69 Å². The van der Waals surface area contributed by atoms with E-state index < -0.39 is 5.60 Å². The molecule has 3 N–H and O–H groups in total. The molecule has 0 spiro atoms. The van der Waals surface area contributed by atoms with Crippen molar-refractivity contribution in [3.8, 4) is 5.69 Å². The molecule has 2 amide bonds. The van der Waals surface area contributed by atoms with Gasteiger partial charge in [0.1, 0.15) is 0 Å². The van der Waals surface area contributed by atoms with Crippen LogP contribution in [0.4, 0.5) is 10.5 Å². The van der Waals surface area contributed by atoms with Crippen molar-refractivity contribution in [3.05, 3.63) is 36.7 Å². The van der Waals surface area contributed by atoms with Crippen LogP contribution >= 0.6 is 0 Å². The lowest BCUT2D eigenvalue weighted by atomic mass is 9.93. The van der Waals surface area contributed by atoms with Gasteiger partial charge in [0.15, 0.2) is 0 Å². The van der Waals surface area contributed by atoms with Gasteiger partial charge in [-0.05, 0) is 37.1 Å². The maximum absolute atomic E-state index is 11.8. The number of amides is 2. The van der Waals surface area contributed by atoms with E-state index in [1.807, 2.05) is 13.8 Å². The maximum atomic E-state index is 11.8. The molecule has 1 atom stereocenters. The summed E-state index contributed by atoms with van der Waals surface area (Å²) < 4.78 is 0. The standard InChI is InChI=1S/C15H21N5O2/c1-11(2)15(3,22)10-16-14(21)19-12-4-6-13(7-5-12)20-17-8-9-18-20/h4-9,11,22H,10H2,1-3H3,(H2,16,19,21). The predicted molar refractivity (Wildman–Crippen MR) is 83.8 cm³/mol. The van der Waals surface area contributed by atoms with Crippen LogP contribution in [0.1, 0.15) is 20.8 Å². The van der Waals surface area contributed by atoms with Crippen LogP contribution in [0.2, 0.25) is 0 Å². The van der Waals surface area contributed by atoms with E-state index in [2.05, 4.69) is 20.8 Å². The molecule has 0 saturated carbocycles. The van der Waals surface area contributed by atoms with Gasteiger partial charge in [0.05, 0.1) is 23.7 Å². The average Bonchev–Trinajstić information content (AvgIpc) is 3.00. The highest BCUT2D eigenvalue weighted by Gasteiger charge is 2.25. The maximum Gasteiger partial charge on any atom is 0.319 e. The third kappa shape index (κ3) is 4.05. The molecule has 118 valence electrons. The van der Waals surface area contributed by atoms with Gasteiger partial charge in [0, 0.05) is 12.2 Å². The van der Waals surface area contributed by atoms with E-state index in [0.29, 0.717) is 5.69 Å². The smallest absolute Gasteiger partial charge is 0.319 e. The highest BCUT2D eigenvalue weighted by Crippen LogP contribution is 2.15. The minimum Gasteiger partial charge on any atom is -0.388 e. The lowest BCUT2D eigenvalue weighted by Crippen LogP contribution is -2.45. The highest BCUT2D eigenvalue weighted by atomic mass is 16.3. The van der Waals surface area contributed by atoms with Crippen molar-refractivity contribution < 1.29 is 9.90 Å². The molecule has 1 heterocycles. The van der Waals surface area contributed by atoms with E-state index in [1.54, 1.807) is 43.6 Å². The molecule has 2 rings (SSSR count). The van der Waals surface area contributed by atoms with E-state index in [4.69, 9.17) is 0 Å². The first-order chi connectivity index (χ1) is 10.4. The molecule has 0 bridgehead atoms. The predicted octanol–water partition coefficient (Wildman–Crippen LogP) is 1.80. The Labute approximate surface area is 129 Å². The van der Waals surface area contributed by atoms with Crippen LogP contribution in [-0.2, 0) is 0 Å². The number of carbonyl (C=O) groups is 1. The fourth-order valence-electron chi connectivity index (χ4n) is 1.67. The number of benzene rings is 1. The van der Waals surface area contributed by atoms with E-state index in [1.165, 1.54) is 4.80 Å². The second kappa shape index (κ2) is 6.57. The van der Waals surface area contributed by atoms with Crippen molar-refractivity contribution in [2.45, 2.75) is 26.4 Å². The summed E-state index contributed by atoms with van der Waals surface area (Å²) in [6.45, 7) is 5.69. The molecule has 22 heavy (non-hydrogen) atoms. The molecule has 0 aliphatic rings. The van der Waals surface area contributed by atoms with E-state index in [9.17, 15) is 9.90 Å². The third-order valence-corrected chi connectivity index (χ3v) is 3.63. The number of aliphatic hydroxyl groups is 1. The van der Waals surface area contributed by atoms with Crippen molar-refractivity contribution in [2.75, 3.05) is 11.9 Å². The van der Waals surface area contributed by atoms with E-state index in [-0.39, 0.29) is 18.5 Å². The summed E-state index contributed by atoms with van der Waals surface area (Å²) in [5.74, 6) is 0.0497. The van der Waals surface area contributed by atoms with Crippen LogP contribution in [0.3, 0.4) is 0 Å². The van der Waals surface area contributed by atoms with Crippen LogP contribution in [0.25, 0.3) is 5.69 Å². The summed E-state index contributed by atoms with van der Waals surface area (Å²) in [4.78, 5) is 13.3. The molecule has 0 fully saturated rings. The number of rotatable bonds is 5. The normalized spacial score (nSPS) is 13.7. The lowest BCUT2D eigenvalue weighted by Gasteiger charge is -2.27. The number of nitrogens with zero attached hydrogens (tertiary/aromatic N) is 3. The number of hydrogen-bond donors (Lipinski definition) is 3. The van der Waals surface area contributed by atoms with Gasteiger partial charge >= 0.3 is 6.03 Å². The molecule has 0 saturated heterocycles. The number of hydrogen-bond acceptors (Lipinski definition) is 4. The Morgan fingerprint density at radius 2 is 1.86 bits per heavy atom. The highest BCUT2D eigenvalue weighted by molar-refractivity contribution is 5.89. The molecule has 7 nitrogen and oxygen atoms in total. The van der Waals surface area contributed by atoms with Gasteiger partial charge in [-0.15, -0.1) is 0 Å². The second-order valence-electron chi connectivity index (χ2n) is 5.68. The largest absolute Gasteiger partial charge is 0.388 e. The van der Waals surface area contributed by atoms with Crippen molar-refractivity contribution in [2.24, 2.45) is 5.92 Å². The molecule has 1 unspecified atom stereocenters. The SMILES string of the molecule is CC(C)C(C)(O)CNC(=O)Nc1ccc(-n2nccn2)cc1. The van der Waals surface area contributed by atoms with Gasteiger partial charge in [-0.3, -0.25) is 0 Å². The summed E-state index contributed by atoms with van der Waals surface area (Å²) in [6, 6.07) is 6.78. The molecular formula is C15H21N5O2. The first-order valence-corrected chi connectivity index (χ1v) is 7.12. The average molecular weight is 303 g/mol. The van der Waals surface area contributed by atoms with Crippen molar-refractivity contribution >= 4 is 11.7 Å². The summed E-state index contributed by atoms with van der Waals surface area (Å²) in [6.07, 6.45) is 3.19. The molecule has 7 heteroatoms. The molecule has 1 aromatic carbocycles. The van der Waals surface area contributed by atoms with E-state index >= 15 is 0 Å². The lowest BCUT2D eigenvalue weighted by molar-refractivity contribution is 0.0170. The van der Waals surface area contributed by atoms with Gasteiger partial charge in [0.2, 0.25) is 0 Å². The Bertz CT molecular complexity index is 605. The summed E-state index contributed by atoms with van der Waals surface area (Å²) in [7, 11) is 0. The van der Waals surface area contributed by atoms with Crippen molar-refractivity contribution in [1.82, 2.24) is 20.3 Å². The summed E-state index contributed by atoms with van der Waals surface area (Å²) >= 11 is 0. The topological polar surface area (TPSA) is 92.1 Å². The van der Waals surface area contributed by atoms with Crippen LogP contribution < -0.4 is 10.6 Å². The Hall–Kier alpha value is -2.41. The summed E-state index contributed by atoms with van der Waals surface area (Å²) in [5.41, 5.74) is 0.517. The zero-order valence-corrected chi connectivity index (χ0v) is 12.9. The number of carbonyl (C=O) groups excluding carboxylic acids is 1. The second-order valence-corrected chi connectivity index (χ2v) is 5.68. The number of nitrogens with one attached hydrogen (secondary N) is 2. The number of aromatic nitrogens is 3. The van der Waals surface area contributed by atoms with Gasteiger partial charge in [-0.25, -0.2) is 4.79 Å². The van der Waals surface area contributed by atoms with Crippen molar-refractivity contribution in [1.29, 1.82) is 0 Å². The first kappa shape index (κ1) is 16.0. The minimum atomic E-state index is -0.938. The molecule has 2 aromatic rings. The summed E-state index contributed by atoms with van der Waals surface area (Å²) in [5, 5.41) is 23.5. The van der Waals surface area contributed by atoms with Crippen LogP contribution in [0, 0.1) is 5.92 Å². The minimum absolute atomic E-state index is 0.0497. The van der Waals surface area contributed by atoms with Gasteiger partial charge in [0.25, 0.3) is 0 Å². The Balaban J connectivity index is 1.90. The Morgan fingerprint density at radius 1 is 1.27 bits per heavy atom. The third-order valence-electron chi connectivity index (χ3n) is 3.63. The zero-order chi connectivity index (χ0) is 16.2. The van der Waals surface area contributed by atoms with Gasteiger partial charge < -0.3 is 15.7 Å². The van der Waals surface area contributed by atoms with Gasteiger partial charge in [-0.2, -0.15) is 15.0 Å². The Morgan fingerprint density at radius 3 is 2.41 bits per heavy atom. The van der Waals surface area contributed by atoms with Crippen molar-refractivity contribution in [3.63, 3.8) is 0 Å². The van der Waals surface area contributed by atoms with Gasteiger partial charge in [-0.1, -0.05) is 13.8 Å². The van der Waals surface area contributed by atoms with Crippen LogP contribution in [0.15, 0.2) is 36.7 Å². The quantitative estimate of drug-likeness (QED) is 0.785. The monoisotopic (exact) mass is 303 g/mol. The zero-order valence-electron chi connectivity index (χ0n) is 12.9. The number of anilines is 1. The van der Waals surface area contributed by atoms with Crippen LogP contribution in [-0.4, -0.2) is 38.3 Å². The fraction of sp³-hybridized carbons (Fsp3) is 0.400. The Kier molecular flexibility index (Phi) is 4.77. The molecule has 1 aromatic heterocycles.